The van der Waals surface area contributed by atoms with Gasteiger partial charge in [0.1, 0.15) is 24.2 Å². The van der Waals surface area contributed by atoms with Gasteiger partial charge < -0.3 is 19.3 Å². The summed E-state index contributed by atoms with van der Waals surface area (Å²) in [7, 11) is 0. The lowest BCUT2D eigenvalue weighted by atomic mass is 10.1. The van der Waals surface area contributed by atoms with Crippen LogP contribution in [0.25, 0.3) is 0 Å². The number of ether oxygens (including phenoxy) is 2. The first-order valence-corrected chi connectivity index (χ1v) is 13.0. The lowest BCUT2D eigenvalue weighted by molar-refractivity contribution is -0.133. The van der Waals surface area contributed by atoms with E-state index in [9.17, 15) is 14.0 Å². The Labute approximate surface area is 211 Å². The summed E-state index contributed by atoms with van der Waals surface area (Å²) in [4.78, 5) is 30.2. The summed E-state index contributed by atoms with van der Waals surface area (Å²) in [6.07, 6.45) is 4.06. The van der Waals surface area contributed by atoms with Gasteiger partial charge in [0.05, 0.1) is 12.2 Å². The molecule has 3 heterocycles. The summed E-state index contributed by atoms with van der Waals surface area (Å²) in [5, 5.41) is 4.66. The van der Waals surface area contributed by atoms with Crippen molar-refractivity contribution in [2.45, 2.75) is 77.7 Å². The average Bonchev–Trinajstić information content (AvgIpc) is 3.45. The summed E-state index contributed by atoms with van der Waals surface area (Å²) in [5.41, 5.74) is 3.08. The Hall–Kier alpha value is -2.94. The molecule has 2 fully saturated rings. The van der Waals surface area contributed by atoms with Crippen molar-refractivity contribution in [1.82, 2.24) is 19.6 Å². The van der Waals surface area contributed by atoms with Gasteiger partial charge in [-0.2, -0.15) is 5.10 Å². The molecule has 194 valence electrons. The molecule has 5 rings (SSSR count). The smallest absolute Gasteiger partial charge is 0.274 e. The Balaban J connectivity index is 1.21. The Morgan fingerprint density at radius 2 is 1.83 bits per heavy atom. The van der Waals surface area contributed by atoms with Gasteiger partial charge in [-0.05, 0) is 63.8 Å². The van der Waals surface area contributed by atoms with Gasteiger partial charge in [0.25, 0.3) is 5.91 Å². The minimum atomic E-state index is -0.244. The standard InChI is InChI=1S/C27H35FN4O4/c1-17-13-21(7-8-23(17)28)36-20-9-11-30(12-10-20)25(33)16-32-24-6-4-5-22(24)26(29-32)27(34)31-14-18(2)35-19(3)15-31/h7-8,13,18-20H,4-6,9-12,14-16H2,1-3H3/t18-,19+. The predicted octanol–water partition coefficient (Wildman–Crippen LogP) is 3.14. The third-order valence-corrected chi connectivity index (χ3v) is 7.43. The van der Waals surface area contributed by atoms with E-state index in [1.165, 1.54) is 6.07 Å². The van der Waals surface area contributed by atoms with E-state index in [-0.39, 0.29) is 42.5 Å². The highest BCUT2D eigenvalue weighted by Crippen LogP contribution is 2.28. The number of benzene rings is 1. The van der Waals surface area contributed by atoms with E-state index in [1.54, 1.807) is 23.7 Å². The summed E-state index contributed by atoms with van der Waals surface area (Å²) >= 11 is 0. The SMILES string of the molecule is Cc1cc(OC2CCN(C(=O)Cn3nc(C(=O)N4C[C@@H](C)O[C@@H](C)C4)c4c3CCC4)CC2)ccc1F. The molecule has 2 amide bonds. The van der Waals surface area contributed by atoms with E-state index < -0.39 is 0 Å². The van der Waals surface area contributed by atoms with Crippen LogP contribution in [0, 0.1) is 12.7 Å². The highest BCUT2D eigenvalue weighted by atomic mass is 19.1. The van der Waals surface area contributed by atoms with Gasteiger partial charge in [-0.15, -0.1) is 0 Å². The van der Waals surface area contributed by atoms with Crippen molar-refractivity contribution in [2.75, 3.05) is 26.2 Å². The molecule has 0 unspecified atom stereocenters. The Kier molecular flexibility index (Phi) is 7.01. The van der Waals surface area contributed by atoms with E-state index in [2.05, 4.69) is 5.10 Å². The maximum Gasteiger partial charge on any atom is 0.274 e. The molecule has 0 bridgehead atoms. The highest BCUT2D eigenvalue weighted by molar-refractivity contribution is 5.94. The number of hydrogen-bond donors (Lipinski definition) is 0. The fourth-order valence-electron chi connectivity index (χ4n) is 5.64. The summed E-state index contributed by atoms with van der Waals surface area (Å²) < 4.78 is 27.1. The first-order valence-electron chi connectivity index (χ1n) is 13.0. The van der Waals surface area contributed by atoms with Gasteiger partial charge in [0.2, 0.25) is 5.91 Å². The largest absolute Gasteiger partial charge is 0.490 e. The number of carbonyl (C=O) groups is 2. The van der Waals surface area contributed by atoms with E-state index >= 15 is 0 Å². The van der Waals surface area contributed by atoms with Crippen molar-refractivity contribution in [2.24, 2.45) is 0 Å². The number of nitrogens with zero attached hydrogens (tertiary/aromatic N) is 4. The molecule has 0 N–H and O–H groups in total. The quantitative estimate of drug-likeness (QED) is 0.633. The minimum absolute atomic E-state index is 0.00427. The predicted molar refractivity (Wildman–Crippen MR) is 132 cm³/mol. The third-order valence-electron chi connectivity index (χ3n) is 7.43. The molecular formula is C27H35FN4O4. The summed E-state index contributed by atoms with van der Waals surface area (Å²) in [5.74, 6) is 0.366. The van der Waals surface area contributed by atoms with Crippen LogP contribution < -0.4 is 4.74 Å². The number of carbonyl (C=O) groups excluding carboxylic acids is 2. The van der Waals surface area contributed by atoms with Crippen molar-refractivity contribution in [3.05, 3.63) is 46.5 Å². The molecule has 0 radical (unpaired) electrons. The van der Waals surface area contributed by atoms with Crippen LogP contribution in [0.2, 0.25) is 0 Å². The number of morpholine rings is 1. The lowest BCUT2D eigenvalue weighted by Crippen LogP contribution is -2.48. The molecule has 1 aromatic heterocycles. The van der Waals surface area contributed by atoms with Crippen molar-refractivity contribution in [1.29, 1.82) is 0 Å². The van der Waals surface area contributed by atoms with E-state index in [1.807, 2.05) is 23.6 Å². The van der Waals surface area contributed by atoms with Crippen LogP contribution in [0.5, 0.6) is 5.75 Å². The molecule has 36 heavy (non-hydrogen) atoms. The van der Waals surface area contributed by atoms with Crippen molar-refractivity contribution in [3.63, 3.8) is 0 Å². The normalized spacial score (nSPS) is 22.6. The van der Waals surface area contributed by atoms with Gasteiger partial charge in [-0.25, -0.2) is 4.39 Å². The molecule has 2 aromatic rings. The zero-order chi connectivity index (χ0) is 25.4. The van der Waals surface area contributed by atoms with Crippen LogP contribution in [0.1, 0.15) is 60.4 Å². The Morgan fingerprint density at radius 3 is 2.53 bits per heavy atom. The second-order valence-corrected chi connectivity index (χ2v) is 10.4. The van der Waals surface area contributed by atoms with Gasteiger partial charge in [0.15, 0.2) is 5.69 Å². The van der Waals surface area contributed by atoms with Gasteiger partial charge >= 0.3 is 0 Å². The molecule has 2 atom stereocenters. The van der Waals surface area contributed by atoms with Gasteiger partial charge in [-0.1, -0.05) is 0 Å². The van der Waals surface area contributed by atoms with Crippen LogP contribution in [0.4, 0.5) is 4.39 Å². The maximum absolute atomic E-state index is 13.5. The average molecular weight is 499 g/mol. The molecule has 0 saturated carbocycles. The zero-order valence-corrected chi connectivity index (χ0v) is 21.3. The second kappa shape index (κ2) is 10.2. The third kappa shape index (κ3) is 5.12. The molecule has 9 heteroatoms. The number of aromatic nitrogens is 2. The highest BCUT2D eigenvalue weighted by Gasteiger charge is 2.33. The van der Waals surface area contributed by atoms with E-state index in [0.717, 1.165) is 43.4 Å². The van der Waals surface area contributed by atoms with Gasteiger partial charge in [-0.3, -0.25) is 14.3 Å². The van der Waals surface area contributed by atoms with Gasteiger partial charge in [0, 0.05) is 50.3 Å². The van der Waals surface area contributed by atoms with Crippen LogP contribution in [-0.2, 0) is 28.9 Å². The first kappa shape index (κ1) is 24.7. The number of fused-ring (bicyclic) bond motifs is 1. The fraction of sp³-hybridized carbons (Fsp3) is 0.593. The number of likely N-dealkylation sites (tertiary alicyclic amines) is 1. The van der Waals surface area contributed by atoms with Crippen molar-refractivity contribution in [3.8, 4) is 5.75 Å². The number of piperidine rings is 1. The second-order valence-electron chi connectivity index (χ2n) is 10.4. The molecule has 0 spiro atoms. The van der Waals surface area contributed by atoms with Crippen molar-refractivity contribution < 1.29 is 23.5 Å². The molecule has 2 saturated heterocycles. The monoisotopic (exact) mass is 498 g/mol. The molecule has 1 aliphatic carbocycles. The number of hydrogen-bond acceptors (Lipinski definition) is 5. The maximum atomic E-state index is 13.5. The number of rotatable bonds is 5. The topological polar surface area (TPSA) is 76.9 Å². The number of halogens is 1. The minimum Gasteiger partial charge on any atom is -0.490 e. The molecule has 2 aliphatic heterocycles. The van der Waals surface area contributed by atoms with Crippen LogP contribution in [0.15, 0.2) is 18.2 Å². The Morgan fingerprint density at radius 1 is 1.11 bits per heavy atom. The Bertz CT molecular complexity index is 1130. The van der Waals surface area contributed by atoms with Crippen LogP contribution >= 0.6 is 0 Å². The first-order chi connectivity index (χ1) is 17.3. The zero-order valence-electron chi connectivity index (χ0n) is 21.3. The van der Waals surface area contributed by atoms with Crippen LogP contribution in [-0.4, -0.2) is 75.9 Å². The molecular weight excluding hydrogens is 463 g/mol. The van der Waals surface area contributed by atoms with E-state index in [4.69, 9.17) is 9.47 Å². The molecule has 1 aromatic carbocycles. The fourth-order valence-corrected chi connectivity index (χ4v) is 5.64. The number of aryl methyl sites for hydroxylation is 1. The summed E-state index contributed by atoms with van der Waals surface area (Å²) in [6, 6.07) is 4.78. The number of amides is 2. The molecule has 3 aliphatic rings. The lowest BCUT2D eigenvalue weighted by Gasteiger charge is -2.35. The van der Waals surface area contributed by atoms with E-state index in [0.29, 0.717) is 43.2 Å². The molecule has 8 nitrogen and oxygen atoms in total. The summed E-state index contributed by atoms with van der Waals surface area (Å²) in [6.45, 7) is 8.13. The van der Waals surface area contributed by atoms with Crippen molar-refractivity contribution >= 4 is 11.8 Å². The van der Waals surface area contributed by atoms with Crippen LogP contribution in [0.3, 0.4) is 0 Å².